The van der Waals surface area contributed by atoms with Crippen LogP contribution in [0.4, 0.5) is 0 Å². The molecular weight excluding hydrogens is 334 g/mol. The normalized spacial score (nSPS) is 41.5. The molecule has 3 nitrogen and oxygen atoms in total. The average molecular weight is 362 g/mol. The average Bonchev–Trinajstić information content (AvgIpc) is 2.57. The van der Waals surface area contributed by atoms with E-state index in [0.29, 0.717) is 11.5 Å². The number of alkyl halides is 1. The number of methoxy groups -OCH3 is 2. The van der Waals surface area contributed by atoms with E-state index in [9.17, 15) is 0 Å². The van der Waals surface area contributed by atoms with Crippen molar-refractivity contribution in [2.45, 2.75) is 55.9 Å². The lowest BCUT2D eigenvalue weighted by molar-refractivity contribution is -0.0647. The smallest absolute Gasteiger partial charge is 0.161 e. The molecule has 0 spiro atoms. The van der Waals surface area contributed by atoms with Crippen LogP contribution in [0.2, 0.25) is 0 Å². The lowest BCUT2D eigenvalue weighted by atomic mass is 9.46. The van der Waals surface area contributed by atoms with Crippen molar-refractivity contribution in [2.24, 2.45) is 17.3 Å². The Morgan fingerprint density at radius 2 is 1.72 bits per heavy atom. The van der Waals surface area contributed by atoms with E-state index in [-0.39, 0.29) is 4.87 Å². The maximum atomic E-state index is 7.10. The molecule has 0 unspecified atom stereocenters. The molecule has 1 heterocycles. The third-order valence-corrected chi connectivity index (χ3v) is 7.79. The molecule has 1 aromatic carbocycles. The van der Waals surface area contributed by atoms with E-state index in [0.717, 1.165) is 36.3 Å². The van der Waals surface area contributed by atoms with Crippen LogP contribution in [0.25, 0.3) is 0 Å². The quantitative estimate of drug-likeness (QED) is 0.806. The van der Waals surface area contributed by atoms with E-state index in [1.165, 1.54) is 49.7 Å². The van der Waals surface area contributed by atoms with Crippen molar-refractivity contribution in [3.8, 4) is 11.5 Å². The third-order valence-electron chi connectivity index (χ3n) is 7.35. The third kappa shape index (κ3) is 2.42. The van der Waals surface area contributed by atoms with E-state index in [1.54, 1.807) is 14.2 Å². The summed E-state index contributed by atoms with van der Waals surface area (Å²) in [4.78, 5) is 0.0555. The fourth-order valence-electron chi connectivity index (χ4n) is 6.99. The predicted octanol–water partition coefficient (Wildman–Crippen LogP) is 4.47. The number of ether oxygens (including phenoxy) is 2. The molecule has 25 heavy (non-hydrogen) atoms. The molecule has 0 radical (unpaired) electrons. The molecule has 5 aliphatic rings. The van der Waals surface area contributed by atoms with Crippen LogP contribution in [0.5, 0.6) is 11.5 Å². The first-order valence-electron chi connectivity index (χ1n) is 9.71. The Kier molecular flexibility index (Phi) is 3.60. The van der Waals surface area contributed by atoms with E-state index in [2.05, 4.69) is 17.4 Å². The van der Waals surface area contributed by atoms with Gasteiger partial charge in [0, 0.05) is 10.9 Å². The first kappa shape index (κ1) is 16.3. The molecule has 0 amide bonds. The van der Waals surface area contributed by atoms with Crippen molar-refractivity contribution in [3.63, 3.8) is 0 Å². The van der Waals surface area contributed by atoms with Crippen LogP contribution in [-0.4, -0.2) is 25.6 Å². The fraction of sp³-hybridized carbons (Fsp3) is 0.714. The van der Waals surface area contributed by atoms with Crippen molar-refractivity contribution in [1.29, 1.82) is 0 Å². The molecule has 4 fully saturated rings. The highest BCUT2D eigenvalue weighted by Gasteiger charge is 2.60. The summed E-state index contributed by atoms with van der Waals surface area (Å²) in [5, 5.41) is 3.88. The molecule has 4 aliphatic carbocycles. The highest BCUT2D eigenvalue weighted by atomic mass is 35.5. The zero-order valence-electron chi connectivity index (χ0n) is 15.2. The second-order valence-corrected chi connectivity index (χ2v) is 9.82. The van der Waals surface area contributed by atoms with Crippen LogP contribution in [0.3, 0.4) is 0 Å². The number of hydrogen-bond donors (Lipinski definition) is 1. The summed E-state index contributed by atoms with van der Waals surface area (Å²) in [5.41, 5.74) is 3.16. The summed E-state index contributed by atoms with van der Waals surface area (Å²) in [6, 6.07) is 4.82. The topological polar surface area (TPSA) is 30.5 Å². The Bertz CT molecular complexity index is 689. The number of fused-ring (bicyclic) bond motifs is 1. The molecule has 0 aromatic heterocycles. The summed E-state index contributed by atoms with van der Waals surface area (Å²) in [7, 11) is 3.45. The van der Waals surface area contributed by atoms with Crippen LogP contribution in [0, 0.1) is 17.3 Å². The SMILES string of the molecule is COc1cc2c(cc1OC)[C@H](C13C[C@H]4C[C@@H](CC(Cl)(C4)C1)C3)NCC2. The van der Waals surface area contributed by atoms with Crippen molar-refractivity contribution < 1.29 is 9.47 Å². The Balaban J connectivity index is 1.58. The fourth-order valence-corrected chi connectivity index (χ4v) is 7.69. The van der Waals surface area contributed by atoms with Gasteiger partial charge in [0.2, 0.25) is 0 Å². The van der Waals surface area contributed by atoms with Crippen molar-refractivity contribution in [2.75, 3.05) is 20.8 Å². The minimum Gasteiger partial charge on any atom is -0.493 e. The van der Waals surface area contributed by atoms with Gasteiger partial charge in [-0.05, 0) is 92.0 Å². The molecule has 4 heteroatoms. The summed E-state index contributed by atoms with van der Waals surface area (Å²) in [6.07, 6.45) is 8.77. The Hall–Kier alpha value is -0.930. The van der Waals surface area contributed by atoms with Crippen LogP contribution in [-0.2, 0) is 6.42 Å². The minimum absolute atomic E-state index is 0.0555. The van der Waals surface area contributed by atoms with E-state index in [4.69, 9.17) is 21.1 Å². The van der Waals surface area contributed by atoms with Crippen molar-refractivity contribution >= 4 is 11.6 Å². The maximum absolute atomic E-state index is 7.10. The Labute approximate surface area is 155 Å². The number of nitrogens with one attached hydrogen (secondary N) is 1. The molecule has 1 aromatic rings. The van der Waals surface area contributed by atoms with Crippen LogP contribution in [0.1, 0.15) is 55.7 Å². The summed E-state index contributed by atoms with van der Waals surface area (Å²) < 4.78 is 11.1. The van der Waals surface area contributed by atoms with Gasteiger partial charge < -0.3 is 14.8 Å². The van der Waals surface area contributed by atoms with E-state index >= 15 is 0 Å². The molecule has 0 saturated heterocycles. The largest absolute Gasteiger partial charge is 0.493 e. The van der Waals surface area contributed by atoms with Gasteiger partial charge >= 0.3 is 0 Å². The first-order valence-corrected chi connectivity index (χ1v) is 10.1. The van der Waals surface area contributed by atoms with Gasteiger partial charge in [-0.25, -0.2) is 0 Å². The van der Waals surface area contributed by atoms with Gasteiger partial charge in [-0.15, -0.1) is 11.6 Å². The van der Waals surface area contributed by atoms with Gasteiger partial charge in [0.15, 0.2) is 11.5 Å². The molecule has 6 rings (SSSR count). The van der Waals surface area contributed by atoms with Gasteiger partial charge in [0.1, 0.15) is 0 Å². The van der Waals surface area contributed by atoms with Gasteiger partial charge in [-0.2, -0.15) is 0 Å². The zero-order chi connectivity index (χ0) is 17.2. The highest BCUT2D eigenvalue weighted by Crippen LogP contribution is 2.67. The standard InChI is InChI=1S/C21H28ClNO2/c1-24-17-6-15-3-4-23-19(16(15)7-18(17)25-2)20-8-13-5-14(9-20)11-21(22,10-13)12-20/h6-7,13-14,19,23H,3-5,8-12H2,1-2H3/t13-,14-,19-,20?,21?/m1/s1. The van der Waals surface area contributed by atoms with Gasteiger partial charge in [0.25, 0.3) is 0 Å². The minimum atomic E-state index is 0.0555. The lowest BCUT2D eigenvalue weighted by Gasteiger charge is -2.63. The highest BCUT2D eigenvalue weighted by molar-refractivity contribution is 6.24. The molecule has 1 aliphatic heterocycles. The number of rotatable bonds is 3. The molecule has 4 bridgehead atoms. The Morgan fingerprint density at radius 3 is 2.36 bits per heavy atom. The lowest BCUT2D eigenvalue weighted by Crippen LogP contribution is -2.58. The second kappa shape index (κ2) is 5.53. The second-order valence-electron chi connectivity index (χ2n) is 9.02. The van der Waals surface area contributed by atoms with Gasteiger partial charge in [-0.3, -0.25) is 0 Å². The molecular formula is C21H28ClNO2. The van der Waals surface area contributed by atoms with Crippen LogP contribution < -0.4 is 14.8 Å². The van der Waals surface area contributed by atoms with Gasteiger partial charge in [-0.1, -0.05) is 0 Å². The predicted molar refractivity (Wildman–Crippen MR) is 99.7 cm³/mol. The van der Waals surface area contributed by atoms with Crippen molar-refractivity contribution in [3.05, 3.63) is 23.3 Å². The number of halogens is 1. The molecule has 1 N–H and O–H groups in total. The zero-order valence-corrected chi connectivity index (χ0v) is 16.0. The monoisotopic (exact) mass is 361 g/mol. The molecule has 3 atom stereocenters. The Morgan fingerprint density at radius 1 is 1.04 bits per heavy atom. The van der Waals surface area contributed by atoms with E-state index < -0.39 is 0 Å². The number of benzene rings is 1. The van der Waals surface area contributed by atoms with Crippen LogP contribution in [0.15, 0.2) is 12.1 Å². The molecule has 136 valence electrons. The van der Waals surface area contributed by atoms with Crippen LogP contribution >= 0.6 is 11.6 Å². The molecule has 4 saturated carbocycles. The summed E-state index contributed by atoms with van der Waals surface area (Å²) >= 11 is 7.10. The maximum Gasteiger partial charge on any atom is 0.161 e. The summed E-state index contributed by atoms with van der Waals surface area (Å²) in [5.74, 6) is 3.35. The summed E-state index contributed by atoms with van der Waals surface area (Å²) in [6.45, 7) is 1.04. The van der Waals surface area contributed by atoms with Crippen molar-refractivity contribution in [1.82, 2.24) is 5.32 Å². The van der Waals surface area contributed by atoms with Gasteiger partial charge in [0.05, 0.1) is 14.2 Å². The first-order chi connectivity index (χ1) is 12.0. The number of hydrogen-bond acceptors (Lipinski definition) is 3. The van der Waals surface area contributed by atoms with E-state index in [1.807, 2.05) is 0 Å².